The molecule has 9 heteroatoms. The van der Waals surface area contributed by atoms with Gasteiger partial charge in [0.15, 0.2) is 0 Å². The van der Waals surface area contributed by atoms with Gasteiger partial charge in [0.1, 0.15) is 17.4 Å². The number of terminal acetylenes is 1. The smallest absolute Gasteiger partial charge is 0.268 e. The molecule has 2 aromatic carbocycles. The lowest BCUT2D eigenvalue weighted by atomic mass is 9.79. The number of nitrogens with one attached hydrogen (secondary N) is 3. The van der Waals surface area contributed by atoms with Crippen LogP contribution in [0, 0.1) is 12.3 Å². The first-order chi connectivity index (χ1) is 17.5. The van der Waals surface area contributed by atoms with Crippen molar-refractivity contribution in [2.45, 2.75) is 49.9 Å². The van der Waals surface area contributed by atoms with Crippen LogP contribution in [-0.4, -0.2) is 47.0 Å². The fourth-order valence-corrected chi connectivity index (χ4v) is 5.55. The highest BCUT2D eigenvalue weighted by Gasteiger charge is 2.56. The number of carbonyl (C=O) groups is 3. The minimum atomic E-state index is -1.80. The number of aromatic nitrogens is 1. The van der Waals surface area contributed by atoms with Gasteiger partial charge in [-0.25, -0.2) is 9.29 Å². The van der Waals surface area contributed by atoms with E-state index in [9.17, 15) is 18.8 Å². The summed E-state index contributed by atoms with van der Waals surface area (Å²) in [7, 11) is 0. The number of nitrogens with zero attached hydrogens (tertiary/aromatic N) is 1. The summed E-state index contributed by atoms with van der Waals surface area (Å²) >= 11 is 6.22. The molecule has 1 saturated heterocycles. The minimum Gasteiger partial charge on any atom is -0.349 e. The normalized spacial score (nSPS) is 21.8. The van der Waals surface area contributed by atoms with E-state index in [4.69, 9.17) is 18.0 Å². The molecule has 2 aliphatic heterocycles. The maximum absolute atomic E-state index is 14.9. The lowest BCUT2D eigenvalue weighted by Gasteiger charge is -2.28. The van der Waals surface area contributed by atoms with Crippen LogP contribution in [0.15, 0.2) is 48.5 Å². The summed E-state index contributed by atoms with van der Waals surface area (Å²) in [6.07, 6.45) is 5.61. The van der Waals surface area contributed by atoms with E-state index in [1.807, 2.05) is 6.07 Å². The van der Waals surface area contributed by atoms with Gasteiger partial charge in [-0.05, 0) is 44.0 Å². The molecular formula is C28H26ClFN4O3. The van der Waals surface area contributed by atoms with Crippen molar-refractivity contribution in [1.29, 1.82) is 0 Å². The number of para-hydroxylation sites is 2. The molecule has 3 amide bonds. The number of alkyl halides is 1. The molecule has 3 atom stereocenters. The second kappa shape index (κ2) is 9.02. The van der Waals surface area contributed by atoms with Crippen LogP contribution in [0.1, 0.15) is 42.7 Å². The molecule has 7 nitrogen and oxygen atoms in total. The van der Waals surface area contributed by atoms with Crippen LogP contribution in [0.3, 0.4) is 0 Å². The van der Waals surface area contributed by atoms with E-state index < -0.39 is 34.8 Å². The zero-order chi connectivity index (χ0) is 26.5. The standard InChI is InChI=1S/C28H26ClFN4O3/c1-4-17-13-28(15-31-17)18-9-5-6-11-22(18)34(26(28)37)25(36)21(14-27(2,3)30)33-24(35)20-12-16-8-7-10-19(29)23(16)32-20/h1,5-12,17,21,31-32H,13-15H2,2-3H3,(H,33,35)/t17-,21?,28+/m1/s1. The SMILES string of the molecule is C#C[C@@H]1C[C@@]2(CN1)C(=O)N(C(=O)C(CC(C)(C)F)NC(=O)c1cc3cccc(Cl)c3[nH]1)c1ccccc12. The van der Waals surface area contributed by atoms with Crippen molar-refractivity contribution in [2.75, 3.05) is 11.4 Å². The number of halogens is 2. The molecule has 1 fully saturated rings. The van der Waals surface area contributed by atoms with Crippen molar-refractivity contribution < 1.29 is 18.8 Å². The number of aromatic amines is 1. The number of hydrogen-bond acceptors (Lipinski definition) is 4. The monoisotopic (exact) mass is 520 g/mol. The third-order valence-electron chi connectivity index (χ3n) is 7.04. The van der Waals surface area contributed by atoms with Crippen molar-refractivity contribution in [1.82, 2.24) is 15.6 Å². The van der Waals surface area contributed by atoms with Gasteiger partial charge in [0.2, 0.25) is 5.91 Å². The topological polar surface area (TPSA) is 94.3 Å². The van der Waals surface area contributed by atoms with E-state index in [0.717, 1.165) is 4.90 Å². The highest BCUT2D eigenvalue weighted by atomic mass is 35.5. The molecule has 0 saturated carbocycles. The molecule has 3 heterocycles. The van der Waals surface area contributed by atoms with E-state index >= 15 is 0 Å². The van der Waals surface area contributed by atoms with Gasteiger partial charge in [0.05, 0.1) is 27.7 Å². The first-order valence-electron chi connectivity index (χ1n) is 12.0. The summed E-state index contributed by atoms with van der Waals surface area (Å²) in [6.45, 7) is 2.92. The molecule has 190 valence electrons. The van der Waals surface area contributed by atoms with Crippen LogP contribution < -0.4 is 15.5 Å². The number of fused-ring (bicyclic) bond motifs is 3. The number of rotatable bonds is 5. The van der Waals surface area contributed by atoms with Gasteiger partial charge in [-0.3, -0.25) is 14.4 Å². The van der Waals surface area contributed by atoms with Gasteiger partial charge in [0.25, 0.3) is 11.8 Å². The van der Waals surface area contributed by atoms with Crippen LogP contribution in [-0.2, 0) is 15.0 Å². The predicted molar refractivity (Wildman–Crippen MR) is 140 cm³/mol. The van der Waals surface area contributed by atoms with Gasteiger partial charge in [-0.2, -0.15) is 0 Å². The summed E-state index contributed by atoms with van der Waals surface area (Å²) < 4.78 is 14.9. The third-order valence-corrected chi connectivity index (χ3v) is 7.36. The fraction of sp³-hybridized carbons (Fsp3) is 0.321. The van der Waals surface area contributed by atoms with E-state index in [0.29, 0.717) is 33.6 Å². The second-order valence-electron chi connectivity index (χ2n) is 10.2. The molecule has 1 spiro atoms. The third kappa shape index (κ3) is 4.28. The van der Waals surface area contributed by atoms with Crippen LogP contribution in [0.5, 0.6) is 0 Å². The molecule has 0 bridgehead atoms. The molecule has 2 aliphatic rings. The Morgan fingerprint density at radius 2 is 2.05 bits per heavy atom. The maximum Gasteiger partial charge on any atom is 0.268 e. The Hall–Kier alpha value is -3.67. The Bertz CT molecular complexity index is 1470. The van der Waals surface area contributed by atoms with Crippen molar-refractivity contribution in [3.8, 4) is 12.3 Å². The van der Waals surface area contributed by atoms with Crippen molar-refractivity contribution in [2.24, 2.45) is 0 Å². The van der Waals surface area contributed by atoms with Gasteiger partial charge in [0, 0.05) is 18.4 Å². The summed E-state index contributed by atoms with van der Waals surface area (Å²) in [6, 6.07) is 12.2. The number of amides is 3. The highest BCUT2D eigenvalue weighted by Crippen LogP contribution is 2.47. The molecule has 3 N–H and O–H groups in total. The molecule has 5 rings (SSSR count). The zero-order valence-electron chi connectivity index (χ0n) is 20.4. The Kier molecular flexibility index (Phi) is 6.09. The summed E-state index contributed by atoms with van der Waals surface area (Å²) in [5, 5.41) is 6.98. The Labute approximate surface area is 218 Å². The minimum absolute atomic E-state index is 0.166. The lowest BCUT2D eigenvalue weighted by molar-refractivity contribution is -0.130. The van der Waals surface area contributed by atoms with Gasteiger partial charge in [-0.15, -0.1) is 6.42 Å². The number of anilines is 1. The first-order valence-corrected chi connectivity index (χ1v) is 12.4. The molecule has 0 aliphatic carbocycles. The number of benzene rings is 2. The number of H-pyrrole nitrogens is 1. The lowest BCUT2D eigenvalue weighted by Crippen LogP contribution is -2.54. The largest absolute Gasteiger partial charge is 0.349 e. The van der Waals surface area contributed by atoms with E-state index in [2.05, 4.69) is 21.5 Å². The molecule has 1 aromatic heterocycles. The fourth-order valence-electron chi connectivity index (χ4n) is 5.33. The zero-order valence-corrected chi connectivity index (χ0v) is 21.2. The molecule has 0 radical (unpaired) electrons. The highest BCUT2D eigenvalue weighted by molar-refractivity contribution is 6.35. The molecule has 3 aromatic rings. The van der Waals surface area contributed by atoms with Gasteiger partial charge >= 0.3 is 0 Å². The van der Waals surface area contributed by atoms with Crippen LogP contribution in [0.25, 0.3) is 10.9 Å². The first kappa shape index (κ1) is 25.0. The van der Waals surface area contributed by atoms with Crippen LogP contribution in [0.2, 0.25) is 5.02 Å². The van der Waals surface area contributed by atoms with Crippen molar-refractivity contribution >= 4 is 45.9 Å². The van der Waals surface area contributed by atoms with E-state index in [-0.39, 0.29) is 24.7 Å². The van der Waals surface area contributed by atoms with Crippen LogP contribution in [0.4, 0.5) is 10.1 Å². The van der Waals surface area contributed by atoms with Gasteiger partial charge < -0.3 is 15.6 Å². The maximum atomic E-state index is 14.9. The number of hydrogen-bond donors (Lipinski definition) is 3. The molecule has 37 heavy (non-hydrogen) atoms. The molecular weight excluding hydrogens is 495 g/mol. The predicted octanol–water partition coefficient (Wildman–Crippen LogP) is 3.86. The van der Waals surface area contributed by atoms with E-state index in [1.54, 1.807) is 42.5 Å². The Morgan fingerprint density at radius 1 is 1.30 bits per heavy atom. The number of carbonyl (C=O) groups excluding carboxylic acids is 3. The Morgan fingerprint density at radius 3 is 2.73 bits per heavy atom. The average Bonchev–Trinajstić information content (AvgIpc) is 3.54. The molecule has 1 unspecified atom stereocenters. The summed E-state index contributed by atoms with van der Waals surface area (Å²) in [5.74, 6) is 0.890. The van der Waals surface area contributed by atoms with Crippen molar-refractivity contribution in [3.63, 3.8) is 0 Å². The van der Waals surface area contributed by atoms with E-state index in [1.165, 1.54) is 13.8 Å². The summed E-state index contributed by atoms with van der Waals surface area (Å²) in [4.78, 5) is 45.0. The van der Waals surface area contributed by atoms with Crippen molar-refractivity contribution in [3.05, 3.63) is 64.8 Å². The van der Waals surface area contributed by atoms with Gasteiger partial charge in [-0.1, -0.05) is 47.9 Å². The quantitative estimate of drug-likeness (QED) is 0.445. The Balaban J connectivity index is 1.49. The average molecular weight is 521 g/mol. The summed E-state index contributed by atoms with van der Waals surface area (Å²) in [5.41, 5.74) is -0.958. The van der Waals surface area contributed by atoms with Crippen LogP contribution >= 0.6 is 11.6 Å². The second-order valence-corrected chi connectivity index (χ2v) is 10.6. The number of imide groups is 1.